The third-order valence-electron chi connectivity index (χ3n) is 3.93. The Balaban J connectivity index is 2.04. The van der Waals surface area contributed by atoms with E-state index in [9.17, 15) is 4.79 Å². The van der Waals surface area contributed by atoms with E-state index in [2.05, 4.69) is 5.32 Å². The summed E-state index contributed by atoms with van der Waals surface area (Å²) >= 11 is 5.90. The molecule has 0 radical (unpaired) electrons. The summed E-state index contributed by atoms with van der Waals surface area (Å²) in [5.74, 6) is -0.249. The van der Waals surface area contributed by atoms with Gasteiger partial charge >= 0.3 is 5.97 Å². The lowest BCUT2D eigenvalue weighted by Gasteiger charge is -2.23. The van der Waals surface area contributed by atoms with Crippen LogP contribution in [0.15, 0.2) is 29.8 Å². The van der Waals surface area contributed by atoms with Gasteiger partial charge in [0.1, 0.15) is 0 Å². The molecule has 1 saturated carbocycles. The molecule has 0 aliphatic heterocycles. The highest BCUT2D eigenvalue weighted by Gasteiger charge is 2.16. The Labute approximate surface area is 137 Å². The van der Waals surface area contributed by atoms with Crippen molar-refractivity contribution in [3.63, 3.8) is 0 Å². The molecular formula is C18H24ClNO2. The van der Waals surface area contributed by atoms with Crippen molar-refractivity contribution in [2.45, 2.75) is 45.1 Å². The predicted molar refractivity (Wildman–Crippen MR) is 90.9 cm³/mol. The molecule has 1 aliphatic rings. The molecule has 2 rings (SSSR count). The molecule has 120 valence electrons. The molecule has 3 nitrogen and oxygen atoms in total. The number of hydrogen-bond donors (Lipinski definition) is 1. The average molecular weight is 322 g/mol. The summed E-state index contributed by atoms with van der Waals surface area (Å²) in [6.07, 6.45) is 8.13. The number of benzene rings is 1. The molecule has 0 spiro atoms. The maximum Gasteiger partial charge on any atom is 0.335 e. The van der Waals surface area contributed by atoms with Gasteiger partial charge < -0.3 is 10.1 Å². The largest absolute Gasteiger partial charge is 0.463 e. The van der Waals surface area contributed by atoms with E-state index in [0.29, 0.717) is 29.8 Å². The summed E-state index contributed by atoms with van der Waals surface area (Å²) in [6, 6.07) is 7.97. The second-order valence-electron chi connectivity index (χ2n) is 5.66. The van der Waals surface area contributed by atoms with Gasteiger partial charge in [0.05, 0.1) is 12.2 Å². The molecule has 0 amide bonds. The van der Waals surface area contributed by atoms with Crippen molar-refractivity contribution in [2.75, 3.05) is 13.2 Å². The van der Waals surface area contributed by atoms with Crippen molar-refractivity contribution in [1.29, 1.82) is 0 Å². The Hall–Kier alpha value is -1.32. The Bertz CT molecular complexity index is 504. The Kier molecular flexibility index (Phi) is 6.94. The number of carbonyl (C=O) groups excluding carboxylic acids is 1. The van der Waals surface area contributed by atoms with E-state index in [1.807, 2.05) is 37.3 Å². The van der Waals surface area contributed by atoms with Crippen molar-refractivity contribution in [3.05, 3.63) is 40.4 Å². The highest BCUT2D eigenvalue weighted by molar-refractivity contribution is 6.30. The van der Waals surface area contributed by atoms with Crippen molar-refractivity contribution in [1.82, 2.24) is 5.32 Å². The predicted octanol–water partition coefficient (Wildman–Crippen LogP) is 4.21. The lowest BCUT2D eigenvalue weighted by Crippen LogP contribution is -2.34. The third kappa shape index (κ3) is 5.47. The first kappa shape index (κ1) is 17.0. The zero-order valence-electron chi connectivity index (χ0n) is 13.1. The average Bonchev–Trinajstić information content (AvgIpc) is 2.54. The van der Waals surface area contributed by atoms with Crippen LogP contribution in [-0.2, 0) is 9.53 Å². The molecule has 0 heterocycles. The maximum absolute atomic E-state index is 12.1. The first-order valence-electron chi connectivity index (χ1n) is 8.05. The number of ether oxygens (including phenoxy) is 1. The molecule has 0 atom stereocenters. The zero-order valence-corrected chi connectivity index (χ0v) is 13.9. The van der Waals surface area contributed by atoms with Crippen LogP contribution in [0.2, 0.25) is 5.02 Å². The number of rotatable bonds is 6. The number of carbonyl (C=O) groups is 1. The van der Waals surface area contributed by atoms with Gasteiger partial charge in [0, 0.05) is 17.6 Å². The van der Waals surface area contributed by atoms with Gasteiger partial charge in [-0.05, 0) is 43.5 Å². The van der Waals surface area contributed by atoms with Crippen LogP contribution < -0.4 is 5.32 Å². The highest BCUT2D eigenvalue weighted by Crippen LogP contribution is 2.18. The molecule has 0 aromatic heterocycles. The fourth-order valence-electron chi connectivity index (χ4n) is 2.73. The topological polar surface area (TPSA) is 38.3 Å². The lowest BCUT2D eigenvalue weighted by atomic mass is 9.95. The van der Waals surface area contributed by atoms with Crippen LogP contribution in [0.25, 0.3) is 6.08 Å². The standard InChI is InChI=1S/C18H24ClNO2/c1-2-22-18(21)15(12-14-8-10-16(19)11-9-14)13-20-17-6-4-3-5-7-17/h8-12,17,20H,2-7,13H2,1H3/b15-12+. The van der Waals surface area contributed by atoms with E-state index in [1.165, 1.54) is 32.1 Å². The van der Waals surface area contributed by atoms with Crippen LogP contribution in [0.4, 0.5) is 0 Å². The number of hydrogen-bond acceptors (Lipinski definition) is 3. The molecule has 0 saturated heterocycles. The van der Waals surface area contributed by atoms with Gasteiger partial charge in [-0.1, -0.05) is 43.0 Å². The quantitative estimate of drug-likeness (QED) is 0.630. The van der Waals surface area contributed by atoms with E-state index in [1.54, 1.807) is 0 Å². The molecule has 0 unspecified atom stereocenters. The van der Waals surface area contributed by atoms with Crippen LogP contribution >= 0.6 is 11.6 Å². The molecule has 0 bridgehead atoms. The Morgan fingerprint density at radius 2 is 1.95 bits per heavy atom. The van der Waals surface area contributed by atoms with Gasteiger partial charge in [0.2, 0.25) is 0 Å². The van der Waals surface area contributed by atoms with Gasteiger partial charge in [-0.25, -0.2) is 4.79 Å². The van der Waals surface area contributed by atoms with Crippen LogP contribution in [0, 0.1) is 0 Å². The zero-order chi connectivity index (χ0) is 15.8. The molecule has 1 fully saturated rings. The van der Waals surface area contributed by atoms with Crippen molar-refractivity contribution in [2.24, 2.45) is 0 Å². The van der Waals surface area contributed by atoms with E-state index in [-0.39, 0.29) is 5.97 Å². The summed E-state index contributed by atoms with van der Waals surface area (Å²) in [6.45, 7) is 2.76. The van der Waals surface area contributed by atoms with Gasteiger partial charge in [-0.2, -0.15) is 0 Å². The summed E-state index contributed by atoms with van der Waals surface area (Å²) in [5, 5.41) is 4.19. The van der Waals surface area contributed by atoms with Crippen LogP contribution in [0.1, 0.15) is 44.6 Å². The number of halogens is 1. The maximum atomic E-state index is 12.1. The lowest BCUT2D eigenvalue weighted by molar-refractivity contribution is -0.138. The highest BCUT2D eigenvalue weighted by atomic mass is 35.5. The first-order chi connectivity index (χ1) is 10.7. The minimum absolute atomic E-state index is 0.249. The van der Waals surface area contributed by atoms with Gasteiger partial charge in [-0.3, -0.25) is 0 Å². The summed E-state index contributed by atoms with van der Waals surface area (Å²) in [4.78, 5) is 12.1. The fraction of sp³-hybridized carbons (Fsp3) is 0.500. The summed E-state index contributed by atoms with van der Waals surface area (Å²) in [5.41, 5.74) is 1.62. The summed E-state index contributed by atoms with van der Waals surface area (Å²) < 4.78 is 5.17. The van der Waals surface area contributed by atoms with Crippen LogP contribution in [-0.4, -0.2) is 25.2 Å². The molecule has 1 N–H and O–H groups in total. The van der Waals surface area contributed by atoms with Crippen LogP contribution in [0.3, 0.4) is 0 Å². The van der Waals surface area contributed by atoms with Crippen LogP contribution in [0.5, 0.6) is 0 Å². The van der Waals surface area contributed by atoms with Crippen molar-refractivity contribution < 1.29 is 9.53 Å². The summed E-state index contributed by atoms with van der Waals surface area (Å²) in [7, 11) is 0. The van der Waals surface area contributed by atoms with E-state index in [4.69, 9.17) is 16.3 Å². The second kappa shape index (κ2) is 8.96. The third-order valence-corrected chi connectivity index (χ3v) is 4.19. The molecule has 22 heavy (non-hydrogen) atoms. The van der Waals surface area contributed by atoms with Gasteiger partial charge in [0.25, 0.3) is 0 Å². The second-order valence-corrected chi connectivity index (χ2v) is 6.09. The Morgan fingerprint density at radius 3 is 2.59 bits per heavy atom. The monoisotopic (exact) mass is 321 g/mol. The van der Waals surface area contributed by atoms with Crippen molar-refractivity contribution >= 4 is 23.6 Å². The van der Waals surface area contributed by atoms with Gasteiger partial charge in [-0.15, -0.1) is 0 Å². The molecule has 1 aromatic carbocycles. The van der Waals surface area contributed by atoms with E-state index >= 15 is 0 Å². The minimum Gasteiger partial charge on any atom is -0.463 e. The first-order valence-corrected chi connectivity index (χ1v) is 8.43. The fourth-order valence-corrected chi connectivity index (χ4v) is 2.85. The molecule has 4 heteroatoms. The normalized spacial score (nSPS) is 16.5. The number of nitrogens with one attached hydrogen (secondary N) is 1. The van der Waals surface area contributed by atoms with E-state index < -0.39 is 0 Å². The smallest absolute Gasteiger partial charge is 0.335 e. The Morgan fingerprint density at radius 1 is 1.27 bits per heavy atom. The molecule has 1 aliphatic carbocycles. The van der Waals surface area contributed by atoms with E-state index in [0.717, 1.165) is 5.56 Å². The van der Waals surface area contributed by atoms with Gasteiger partial charge in [0.15, 0.2) is 0 Å². The number of esters is 1. The molecular weight excluding hydrogens is 298 g/mol. The minimum atomic E-state index is -0.249. The van der Waals surface area contributed by atoms with Crippen molar-refractivity contribution in [3.8, 4) is 0 Å². The molecule has 1 aromatic rings. The SMILES string of the molecule is CCOC(=O)/C(=C/c1ccc(Cl)cc1)CNC1CCCCC1.